The third-order valence-electron chi connectivity index (χ3n) is 3.22. The van der Waals surface area contributed by atoms with Gasteiger partial charge in [-0.15, -0.1) is 0 Å². The monoisotopic (exact) mass is 296 g/mol. The molecule has 2 rings (SSSR count). The number of aromatic nitrogens is 2. The Morgan fingerprint density at radius 3 is 2.81 bits per heavy atom. The number of likely N-dealkylation sites (tertiary alicyclic amines) is 1. The van der Waals surface area contributed by atoms with E-state index in [1.807, 2.05) is 20.8 Å². The van der Waals surface area contributed by atoms with Crippen LogP contribution in [0.3, 0.4) is 0 Å². The highest BCUT2D eigenvalue weighted by Crippen LogP contribution is 2.24. The van der Waals surface area contributed by atoms with E-state index < -0.39 is 10.5 Å². The van der Waals surface area contributed by atoms with Gasteiger partial charge < -0.3 is 9.64 Å². The maximum Gasteiger partial charge on any atom is 0.410 e. The van der Waals surface area contributed by atoms with Gasteiger partial charge in [-0.1, -0.05) is 0 Å². The second-order valence-electron chi connectivity index (χ2n) is 6.16. The van der Waals surface area contributed by atoms with Crippen molar-refractivity contribution in [3.8, 4) is 0 Å². The highest BCUT2D eigenvalue weighted by atomic mass is 16.6. The second-order valence-corrected chi connectivity index (χ2v) is 6.16. The van der Waals surface area contributed by atoms with E-state index in [4.69, 9.17) is 4.74 Å². The third kappa shape index (κ3) is 3.93. The Bertz CT molecular complexity index is 535. The van der Waals surface area contributed by atoms with Crippen molar-refractivity contribution >= 4 is 11.8 Å². The Morgan fingerprint density at radius 2 is 2.24 bits per heavy atom. The van der Waals surface area contributed by atoms with Gasteiger partial charge >= 0.3 is 11.8 Å². The third-order valence-corrected chi connectivity index (χ3v) is 3.22. The van der Waals surface area contributed by atoms with Crippen LogP contribution in [0.15, 0.2) is 12.4 Å². The average molecular weight is 296 g/mol. The summed E-state index contributed by atoms with van der Waals surface area (Å²) in [6, 6.07) is -0.0556. The molecule has 8 heteroatoms. The first kappa shape index (κ1) is 15.3. The molecule has 0 saturated carbocycles. The molecule has 0 N–H and O–H groups in total. The maximum atomic E-state index is 12.1. The largest absolute Gasteiger partial charge is 0.444 e. The number of hydrogen-bond acceptors (Lipinski definition) is 5. The van der Waals surface area contributed by atoms with Crippen LogP contribution in [0, 0.1) is 10.1 Å². The summed E-state index contributed by atoms with van der Waals surface area (Å²) in [5.41, 5.74) is -0.571. The number of hydrogen-bond donors (Lipinski definition) is 0. The van der Waals surface area contributed by atoms with E-state index >= 15 is 0 Å². The summed E-state index contributed by atoms with van der Waals surface area (Å²) in [6.45, 7) is 6.55. The zero-order chi connectivity index (χ0) is 15.6. The smallest absolute Gasteiger partial charge is 0.410 e. The Morgan fingerprint density at radius 1 is 1.52 bits per heavy atom. The quantitative estimate of drug-likeness (QED) is 0.617. The number of nitrogens with zero attached hydrogens (tertiary/aromatic N) is 4. The van der Waals surface area contributed by atoms with Gasteiger partial charge in [0.05, 0.1) is 11.0 Å². The Kier molecular flexibility index (Phi) is 4.15. The molecule has 0 aliphatic carbocycles. The highest BCUT2D eigenvalue weighted by Gasteiger charge is 2.29. The first-order chi connectivity index (χ1) is 9.76. The van der Waals surface area contributed by atoms with E-state index in [-0.39, 0.29) is 17.8 Å². The van der Waals surface area contributed by atoms with Gasteiger partial charge in [-0.05, 0) is 33.6 Å². The van der Waals surface area contributed by atoms with Crippen LogP contribution in [0.1, 0.15) is 39.7 Å². The molecule has 2 heterocycles. The summed E-state index contributed by atoms with van der Waals surface area (Å²) < 4.78 is 6.92. The van der Waals surface area contributed by atoms with Crippen molar-refractivity contribution in [2.75, 3.05) is 13.1 Å². The lowest BCUT2D eigenvalue weighted by Crippen LogP contribution is -2.43. The molecule has 1 aliphatic heterocycles. The summed E-state index contributed by atoms with van der Waals surface area (Å²) >= 11 is 0. The fourth-order valence-corrected chi connectivity index (χ4v) is 2.28. The van der Waals surface area contributed by atoms with Gasteiger partial charge in [0, 0.05) is 13.1 Å². The van der Waals surface area contributed by atoms with E-state index in [9.17, 15) is 14.9 Å². The number of carbonyl (C=O) groups excluding carboxylic acids is 1. The van der Waals surface area contributed by atoms with E-state index in [1.165, 1.54) is 12.4 Å². The van der Waals surface area contributed by atoms with Gasteiger partial charge in [0.1, 0.15) is 18.0 Å². The van der Waals surface area contributed by atoms with Crippen molar-refractivity contribution in [2.24, 2.45) is 0 Å². The molecular weight excluding hydrogens is 276 g/mol. The Balaban J connectivity index is 2.03. The summed E-state index contributed by atoms with van der Waals surface area (Å²) in [4.78, 5) is 23.9. The van der Waals surface area contributed by atoms with Crippen LogP contribution in [0.5, 0.6) is 0 Å². The highest BCUT2D eigenvalue weighted by molar-refractivity contribution is 5.68. The summed E-state index contributed by atoms with van der Waals surface area (Å²) in [7, 11) is 0. The molecule has 1 saturated heterocycles. The fraction of sp³-hybridized carbons (Fsp3) is 0.692. The molecule has 1 aromatic heterocycles. The molecule has 0 aromatic carbocycles. The predicted octanol–water partition coefficient (Wildman–Crippen LogP) is 2.36. The Labute approximate surface area is 122 Å². The van der Waals surface area contributed by atoms with Crippen LogP contribution in [0.4, 0.5) is 10.5 Å². The molecule has 0 bridgehead atoms. The molecule has 1 aliphatic rings. The SMILES string of the molecule is CC(C)(C)OC(=O)N1CCC[C@@H](n2cc([N+](=O)[O-])cn2)C1. The van der Waals surface area contributed by atoms with Crippen molar-refractivity contribution in [2.45, 2.75) is 45.3 Å². The van der Waals surface area contributed by atoms with Gasteiger partial charge in [0.25, 0.3) is 0 Å². The van der Waals surface area contributed by atoms with Crippen molar-refractivity contribution in [3.05, 3.63) is 22.5 Å². The average Bonchev–Trinajstić information content (AvgIpc) is 2.86. The minimum absolute atomic E-state index is 0.0376. The molecule has 1 atom stereocenters. The van der Waals surface area contributed by atoms with Crippen LogP contribution in [0.25, 0.3) is 0 Å². The van der Waals surface area contributed by atoms with E-state index in [0.29, 0.717) is 13.1 Å². The molecule has 0 unspecified atom stereocenters. The molecule has 0 radical (unpaired) electrons. The molecule has 1 amide bonds. The van der Waals surface area contributed by atoms with Gasteiger partial charge in [0.15, 0.2) is 0 Å². The van der Waals surface area contributed by atoms with Gasteiger partial charge in [-0.2, -0.15) is 5.10 Å². The predicted molar refractivity (Wildman–Crippen MR) is 75.0 cm³/mol. The van der Waals surface area contributed by atoms with Crippen LogP contribution < -0.4 is 0 Å². The number of nitro groups is 1. The van der Waals surface area contributed by atoms with Crippen LogP contribution in [-0.2, 0) is 4.74 Å². The van der Waals surface area contributed by atoms with Crippen molar-refractivity contribution in [1.29, 1.82) is 0 Å². The van der Waals surface area contributed by atoms with Crippen molar-refractivity contribution < 1.29 is 14.5 Å². The first-order valence-corrected chi connectivity index (χ1v) is 6.93. The molecule has 21 heavy (non-hydrogen) atoms. The maximum absolute atomic E-state index is 12.1. The lowest BCUT2D eigenvalue weighted by atomic mass is 10.1. The van der Waals surface area contributed by atoms with Crippen molar-refractivity contribution in [3.63, 3.8) is 0 Å². The number of piperidine rings is 1. The zero-order valence-electron chi connectivity index (χ0n) is 12.5. The van der Waals surface area contributed by atoms with E-state index in [0.717, 1.165) is 12.8 Å². The van der Waals surface area contributed by atoms with Crippen LogP contribution in [-0.4, -0.2) is 44.4 Å². The van der Waals surface area contributed by atoms with Gasteiger partial charge in [-0.25, -0.2) is 4.79 Å². The fourth-order valence-electron chi connectivity index (χ4n) is 2.28. The normalized spacial score (nSPS) is 19.4. The number of ether oxygens (including phenoxy) is 1. The second kappa shape index (κ2) is 5.71. The van der Waals surface area contributed by atoms with Gasteiger partial charge in [-0.3, -0.25) is 14.8 Å². The standard InChI is InChI=1S/C13H20N4O4/c1-13(2,3)21-12(18)15-6-4-5-10(8-15)16-9-11(7-14-16)17(19)20/h7,9-10H,4-6,8H2,1-3H3/t10-/m1/s1. The molecular formula is C13H20N4O4. The lowest BCUT2D eigenvalue weighted by Gasteiger charge is -2.34. The molecule has 0 spiro atoms. The number of carbonyl (C=O) groups is 1. The minimum Gasteiger partial charge on any atom is -0.444 e. The summed E-state index contributed by atoms with van der Waals surface area (Å²) in [6.07, 6.45) is 3.93. The van der Waals surface area contributed by atoms with Crippen LogP contribution >= 0.6 is 0 Å². The molecule has 8 nitrogen and oxygen atoms in total. The topological polar surface area (TPSA) is 90.5 Å². The summed E-state index contributed by atoms with van der Waals surface area (Å²) in [5, 5.41) is 14.7. The molecule has 1 fully saturated rings. The summed E-state index contributed by atoms with van der Waals surface area (Å²) in [5.74, 6) is 0. The lowest BCUT2D eigenvalue weighted by molar-refractivity contribution is -0.385. The zero-order valence-corrected chi connectivity index (χ0v) is 12.5. The number of rotatable bonds is 2. The van der Waals surface area contributed by atoms with Crippen molar-refractivity contribution in [1.82, 2.24) is 14.7 Å². The van der Waals surface area contributed by atoms with Crippen LogP contribution in [0.2, 0.25) is 0 Å². The number of amides is 1. The molecule has 1 aromatic rings. The molecule has 116 valence electrons. The van der Waals surface area contributed by atoms with Gasteiger partial charge in [0.2, 0.25) is 0 Å². The Hall–Kier alpha value is -2.12. The van der Waals surface area contributed by atoms with E-state index in [1.54, 1.807) is 9.58 Å². The minimum atomic E-state index is -0.533. The van der Waals surface area contributed by atoms with E-state index in [2.05, 4.69) is 5.10 Å². The first-order valence-electron chi connectivity index (χ1n) is 6.93.